The van der Waals surface area contributed by atoms with Crippen molar-refractivity contribution in [3.05, 3.63) is 34.1 Å². The van der Waals surface area contributed by atoms with Crippen LogP contribution in [0.2, 0.25) is 0 Å². The van der Waals surface area contributed by atoms with Gasteiger partial charge < -0.3 is 5.11 Å². The standard InChI is InChI=1S/C10H6BrCl2FO2/c11-5-1-4(2-6(14)3-5)7-8(9(15)16)10(7,12)13/h1-3,7-8H,(H,15,16)/t7-,8+/m0/s1. The van der Waals surface area contributed by atoms with E-state index in [0.717, 1.165) is 0 Å². The minimum atomic E-state index is -1.35. The molecule has 2 nitrogen and oxygen atoms in total. The molecule has 1 saturated carbocycles. The van der Waals surface area contributed by atoms with Gasteiger partial charge in [-0.1, -0.05) is 39.1 Å². The smallest absolute Gasteiger partial charge is 0.310 e. The van der Waals surface area contributed by atoms with Crippen molar-refractivity contribution < 1.29 is 14.3 Å². The molecular weight excluding hydrogens is 322 g/mol. The summed E-state index contributed by atoms with van der Waals surface area (Å²) >= 11 is 14.8. The highest BCUT2D eigenvalue weighted by Crippen LogP contribution is 2.65. The highest BCUT2D eigenvalue weighted by molar-refractivity contribution is 9.10. The number of carboxylic acids is 1. The van der Waals surface area contributed by atoms with Crippen LogP contribution in [0.25, 0.3) is 0 Å². The molecule has 0 unspecified atom stereocenters. The van der Waals surface area contributed by atoms with Crippen molar-refractivity contribution in [2.75, 3.05) is 0 Å². The molecular formula is C10H6BrCl2FO2. The van der Waals surface area contributed by atoms with Crippen molar-refractivity contribution in [3.63, 3.8) is 0 Å². The molecule has 1 aliphatic rings. The van der Waals surface area contributed by atoms with Crippen LogP contribution in [0.15, 0.2) is 22.7 Å². The van der Waals surface area contributed by atoms with Gasteiger partial charge in [-0.25, -0.2) is 4.39 Å². The average molecular weight is 328 g/mol. The number of aliphatic carboxylic acids is 1. The summed E-state index contributed by atoms with van der Waals surface area (Å²) in [5.41, 5.74) is 0.490. The first-order valence-electron chi connectivity index (χ1n) is 4.40. The van der Waals surface area contributed by atoms with Gasteiger partial charge >= 0.3 is 5.97 Å². The van der Waals surface area contributed by atoms with E-state index in [9.17, 15) is 9.18 Å². The third kappa shape index (κ3) is 1.94. The first-order valence-corrected chi connectivity index (χ1v) is 5.95. The largest absolute Gasteiger partial charge is 0.481 e. The van der Waals surface area contributed by atoms with Crippen LogP contribution in [-0.4, -0.2) is 15.4 Å². The molecule has 0 radical (unpaired) electrons. The average Bonchev–Trinajstić information content (AvgIpc) is 2.67. The van der Waals surface area contributed by atoms with E-state index >= 15 is 0 Å². The van der Waals surface area contributed by atoms with Gasteiger partial charge in [0.05, 0.1) is 5.92 Å². The second-order valence-corrected chi connectivity index (χ2v) is 6.03. The van der Waals surface area contributed by atoms with Crippen LogP contribution in [0, 0.1) is 11.7 Å². The minimum Gasteiger partial charge on any atom is -0.481 e. The summed E-state index contributed by atoms with van der Waals surface area (Å²) in [5.74, 6) is -2.98. The molecule has 0 heterocycles. The molecule has 1 fully saturated rings. The van der Waals surface area contributed by atoms with Crippen molar-refractivity contribution >= 4 is 45.1 Å². The van der Waals surface area contributed by atoms with Gasteiger partial charge in [-0.2, -0.15) is 0 Å². The molecule has 1 aromatic rings. The Labute approximate surface area is 109 Å². The van der Waals surface area contributed by atoms with Gasteiger partial charge in [-0.15, -0.1) is 0 Å². The highest BCUT2D eigenvalue weighted by atomic mass is 79.9. The fraction of sp³-hybridized carbons (Fsp3) is 0.300. The number of hydrogen-bond donors (Lipinski definition) is 1. The van der Waals surface area contributed by atoms with Crippen LogP contribution in [0.3, 0.4) is 0 Å². The molecule has 0 amide bonds. The minimum absolute atomic E-state index is 0.454. The summed E-state index contributed by atoms with van der Waals surface area (Å²) in [6.07, 6.45) is 0. The maximum atomic E-state index is 13.1. The van der Waals surface area contributed by atoms with E-state index in [4.69, 9.17) is 28.3 Å². The fourth-order valence-electron chi connectivity index (χ4n) is 1.80. The van der Waals surface area contributed by atoms with Crippen molar-refractivity contribution in [2.45, 2.75) is 10.3 Å². The Morgan fingerprint density at radius 2 is 2.06 bits per heavy atom. The van der Waals surface area contributed by atoms with Crippen LogP contribution in [-0.2, 0) is 4.79 Å². The summed E-state index contributed by atoms with van der Waals surface area (Å²) in [4.78, 5) is 10.9. The third-order valence-corrected chi connectivity index (χ3v) is 3.96. The van der Waals surface area contributed by atoms with Crippen LogP contribution in [0.4, 0.5) is 4.39 Å². The maximum Gasteiger partial charge on any atom is 0.310 e. The summed E-state index contributed by atoms with van der Waals surface area (Å²) < 4.78 is 12.3. The quantitative estimate of drug-likeness (QED) is 0.843. The summed E-state index contributed by atoms with van der Waals surface area (Å²) in [7, 11) is 0. The third-order valence-electron chi connectivity index (χ3n) is 2.56. The molecule has 0 saturated heterocycles. The van der Waals surface area contributed by atoms with Gasteiger partial charge in [-0.3, -0.25) is 4.79 Å². The molecule has 0 aliphatic heterocycles. The Balaban J connectivity index is 2.37. The van der Waals surface area contributed by atoms with Crippen molar-refractivity contribution in [2.24, 2.45) is 5.92 Å². The number of alkyl halides is 2. The Morgan fingerprint density at radius 3 is 2.50 bits per heavy atom. The predicted molar refractivity (Wildman–Crippen MR) is 62.4 cm³/mol. The normalized spacial score (nSPS) is 26.5. The summed E-state index contributed by atoms with van der Waals surface area (Å²) in [6, 6.07) is 4.15. The van der Waals surface area contributed by atoms with E-state index in [1.165, 1.54) is 12.1 Å². The van der Waals surface area contributed by atoms with Crippen LogP contribution in [0.1, 0.15) is 11.5 Å². The van der Waals surface area contributed by atoms with Crippen LogP contribution >= 0.6 is 39.1 Å². The molecule has 86 valence electrons. The lowest BCUT2D eigenvalue weighted by Crippen LogP contribution is -2.03. The molecule has 0 spiro atoms. The monoisotopic (exact) mass is 326 g/mol. The Kier molecular flexibility index (Phi) is 2.93. The van der Waals surface area contributed by atoms with Crippen molar-refractivity contribution in [1.29, 1.82) is 0 Å². The molecule has 16 heavy (non-hydrogen) atoms. The summed E-state index contributed by atoms with van der Waals surface area (Å²) in [6.45, 7) is 0. The van der Waals surface area contributed by atoms with Crippen LogP contribution in [0.5, 0.6) is 0 Å². The Hall–Kier alpha value is -0.320. The van der Waals surface area contributed by atoms with Gasteiger partial charge in [-0.05, 0) is 23.8 Å². The van der Waals surface area contributed by atoms with Gasteiger partial charge in [0, 0.05) is 10.4 Å². The van der Waals surface area contributed by atoms with Gasteiger partial charge in [0.25, 0.3) is 0 Å². The summed E-state index contributed by atoms with van der Waals surface area (Å²) in [5, 5.41) is 8.88. The van der Waals surface area contributed by atoms with Crippen molar-refractivity contribution in [3.8, 4) is 0 Å². The SMILES string of the molecule is O=C(O)[C@H]1[C@H](c2cc(F)cc(Br)c2)C1(Cl)Cl. The lowest BCUT2D eigenvalue weighted by atomic mass is 10.1. The fourth-order valence-corrected chi connectivity index (χ4v) is 3.10. The zero-order valence-electron chi connectivity index (χ0n) is 7.75. The van der Waals surface area contributed by atoms with Crippen molar-refractivity contribution in [1.82, 2.24) is 0 Å². The molecule has 1 N–H and O–H groups in total. The van der Waals surface area contributed by atoms with Gasteiger partial charge in [0.2, 0.25) is 0 Å². The molecule has 1 aliphatic carbocycles. The van der Waals surface area contributed by atoms with E-state index < -0.39 is 28.0 Å². The molecule has 0 aromatic heterocycles. The second kappa shape index (κ2) is 3.86. The molecule has 6 heteroatoms. The predicted octanol–water partition coefficient (Wildman–Crippen LogP) is 3.56. The van der Waals surface area contributed by atoms with Crippen LogP contribution < -0.4 is 0 Å². The Bertz CT molecular complexity index is 444. The molecule has 2 atom stereocenters. The van der Waals surface area contributed by atoms with E-state index in [0.29, 0.717) is 10.0 Å². The van der Waals surface area contributed by atoms with E-state index in [1.807, 2.05) is 0 Å². The van der Waals surface area contributed by atoms with E-state index in [-0.39, 0.29) is 0 Å². The van der Waals surface area contributed by atoms with E-state index in [2.05, 4.69) is 15.9 Å². The number of hydrogen-bond acceptors (Lipinski definition) is 1. The number of carboxylic acid groups (broad SMARTS) is 1. The lowest BCUT2D eigenvalue weighted by molar-refractivity contribution is -0.138. The zero-order valence-corrected chi connectivity index (χ0v) is 10.9. The number of halogens is 4. The first-order chi connectivity index (χ1) is 7.34. The number of rotatable bonds is 2. The topological polar surface area (TPSA) is 37.3 Å². The lowest BCUT2D eigenvalue weighted by Gasteiger charge is -2.01. The number of benzene rings is 1. The highest BCUT2D eigenvalue weighted by Gasteiger charge is 2.68. The molecule has 1 aromatic carbocycles. The molecule has 0 bridgehead atoms. The second-order valence-electron chi connectivity index (χ2n) is 3.67. The van der Waals surface area contributed by atoms with E-state index in [1.54, 1.807) is 6.07 Å². The number of carbonyl (C=O) groups is 1. The Morgan fingerprint density at radius 1 is 1.44 bits per heavy atom. The first kappa shape index (κ1) is 12.1. The zero-order chi connectivity index (χ0) is 12.1. The molecule has 2 rings (SSSR count). The van der Waals surface area contributed by atoms with Gasteiger partial charge in [0.15, 0.2) is 0 Å². The van der Waals surface area contributed by atoms with Gasteiger partial charge in [0.1, 0.15) is 10.2 Å². The maximum absolute atomic E-state index is 13.1.